The summed E-state index contributed by atoms with van der Waals surface area (Å²) in [5.74, 6) is 0.745. The van der Waals surface area contributed by atoms with E-state index in [1.54, 1.807) is 22.7 Å². The van der Waals surface area contributed by atoms with Gasteiger partial charge in [0.1, 0.15) is 29.3 Å². The van der Waals surface area contributed by atoms with Crippen molar-refractivity contribution in [3.8, 4) is 0 Å². The predicted molar refractivity (Wildman–Crippen MR) is 128 cm³/mol. The lowest BCUT2D eigenvalue weighted by Crippen LogP contribution is -2.18. The Morgan fingerprint density at radius 3 is 2.53 bits per heavy atom. The maximum absolute atomic E-state index is 11.0. The van der Waals surface area contributed by atoms with E-state index in [1.165, 1.54) is 12.5 Å². The minimum absolute atomic E-state index is 0.135. The van der Waals surface area contributed by atoms with Crippen LogP contribution in [0.2, 0.25) is 0 Å². The molecular weight excluding hydrogens is 404 g/mol. The van der Waals surface area contributed by atoms with Gasteiger partial charge < -0.3 is 16.4 Å². The molecule has 0 aliphatic carbocycles. The van der Waals surface area contributed by atoms with Gasteiger partial charge in [-0.25, -0.2) is 15.0 Å². The molecular formula is C23H26N8O. The number of nitrogens with zero attached hydrogens (tertiary/aromatic N) is 4. The standard InChI is InChI=1S/C16H17N7O.C7H9N/c1-9(2)22-16-13(15(18)20-8-21-16)14(17)10-3-4-23-11(7-24)6-19-12(23)5-10;1-8-7-5-3-2-4-6-7/h3-9,17H,1-2H3,(H3,18,20,21,22);2-6,8H,1H3. The quantitative estimate of drug-likeness (QED) is 0.272. The van der Waals surface area contributed by atoms with Crippen LogP contribution in [0.5, 0.6) is 0 Å². The summed E-state index contributed by atoms with van der Waals surface area (Å²) in [6.07, 6.45) is 5.29. The molecule has 0 radical (unpaired) electrons. The fourth-order valence-electron chi connectivity index (χ4n) is 3.02. The molecule has 0 spiro atoms. The van der Waals surface area contributed by atoms with Gasteiger partial charge in [0.15, 0.2) is 6.29 Å². The summed E-state index contributed by atoms with van der Waals surface area (Å²) in [6.45, 7) is 3.95. The van der Waals surface area contributed by atoms with E-state index in [9.17, 15) is 4.79 Å². The van der Waals surface area contributed by atoms with Crippen LogP contribution in [0.3, 0.4) is 0 Å². The molecule has 0 fully saturated rings. The van der Waals surface area contributed by atoms with Crippen LogP contribution >= 0.6 is 0 Å². The Labute approximate surface area is 186 Å². The van der Waals surface area contributed by atoms with Crippen LogP contribution in [0.15, 0.2) is 61.2 Å². The Bertz CT molecular complexity index is 1220. The van der Waals surface area contributed by atoms with Gasteiger partial charge in [0.2, 0.25) is 0 Å². The van der Waals surface area contributed by atoms with E-state index in [-0.39, 0.29) is 17.6 Å². The molecule has 0 saturated heterocycles. The molecule has 0 aliphatic rings. The second kappa shape index (κ2) is 10.2. The molecule has 0 atom stereocenters. The third-order valence-electron chi connectivity index (χ3n) is 4.57. The number of rotatable bonds is 6. The highest BCUT2D eigenvalue weighted by molar-refractivity contribution is 6.16. The molecule has 32 heavy (non-hydrogen) atoms. The Balaban J connectivity index is 0.000000305. The average molecular weight is 431 g/mol. The lowest BCUT2D eigenvalue weighted by atomic mass is 10.0. The number of para-hydroxylation sites is 1. The van der Waals surface area contributed by atoms with Gasteiger partial charge in [-0.05, 0) is 38.1 Å². The molecule has 9 nitrogen and oxygen atoms in total. The van der Waals surface area contributed by atoms with Crippen molar-refractivity contribution in [1.29, 1.82) is 5.41 Å². The lowest BCUT2D eigenvalue weighted by Gasteiger charge is -2.15. The number of aromatic nitrogens is 4. The fraction of sp³-hybridized carbons (Fsp3) is 0.174. The smallest absolute Gasteiger partial charge is 0.168 e. The molecule has 9 heteroatoms. The van der Waals surface area contributed by atoms with Crippen LogP contribution in [0, 0.1) is 5.41 Å². The summed E-state index contributed by atoms with van der Waals surface area (Å²) < 4.78 is 1.65. The number of aldehydes is 1. The highest BCUT2D eigenvalue weighted by atomic mass is 16.1. The molecule has 0 unspecified atom stereocenters. The van der Waals surface area contributed by atoms with Crippen molar-refractivity contribution in [1.82, 2.24) is 19.4 Å². The van der Waals surface area contributed by atoms with E-state index in [0.29, 0.717) is 28.3 Å². The Morgan fingerprint density at radius 1 is 1.16 bits per heavy atom. The summed E-state index contributed by atoms with van der Waals surface area (Å²) in [5.41, 5.74) is 9.40. The molecule has 3 aromatic heterocycles. The first-order valence-electron chi connectivity index (χ1n) is 10.1. The molecule has 0 aliphatic heterocycles. The topological polar surface area (TPSA) is 134 Å². The maximum atomic E-state index is 11.0. The normalized spacial score (nSPS) is 10.4. The average Bonchev–Trinajstić information content (AvgIpc) is 3.22. The minimum Gasteiger partial charge on any atom is -0.388 e. The molecule has 0 bridgehead atoms. The maximum Gasteiger partial charge on any atom is 0.168 e. The van der Waals surface area contributed by atoms with Gasteiger partial charge in [-0.3, -0.25) is 14.6 Å². The van der Waals surface area contributed by atoms with Crippen molar-refractivity contribution in [2.75, 3.05) is 23.4 Å². The molecule has 0 saturated carbocycles. The zero-order chi connectivity index (χ0) is 23.1. The second-order valence-corrected chi connectivity index (χ2v) is 7.22. The van der Waals surface area contributed by atoms with Crippen LogP contribution in [-0.2, 0) is 0 Å². The van der Waals surface area contributed by atoms with E-state index < -0.39 is 0 Å². The molecule has 3 heterocycles. The Morgan fingerprint density at radius 2 is 1.91 bits per heavy atom. The van der Waals surface area contributed by atoms with E-state index >= 15 is 0 Å². The van der Waals surface area contributed by atoms with Crippen LogP contribution in [-0.4, -0.2) is 44.4 Å². The van der Waals surface area contributed by atoms with Crippen LogP contribution in [0.4, 0.5) is 17.3 Å². The number of carbonyl (C=O) groups excluding carboxylic acids is 1. The molecule has 1 aromatic carbocycles. The molecule has 5 N–H and O–H groups in total. The van der Waals surface area contributed by atoms with Gasteiger partial charge >= 0.3 is 0 Å². The zero-order valence-electron chi connectivity index (χ0n) is 18.2. The van der Waals surface area contributed by atoms with Crippen molar-refractivity contribution in [3.05, 3.63) is 78.0 Å². The third-order valence-corrected chi connectivity index (χ3v) is 4.57. The van der Waals surface area contributed by atoms with E-state index in [2.05, 4.69) is 25.6 Å². The largest absolute Gasteiger partial charge is 0.388 e. The second-order valence-electron chi connectivity index (χ2n) is 7.22. The number of hydrogen-bond acceptors (Lipinski definition) is 8. The summed E-state index contributed by atoms with van der Waals surface area (Å²) >= 11 is 0. The first kappa shape index (κ1) is 22.4. The third kappa shape index (κ3) is 5.07. The fourth-order valence-corrected chi connectivity index (χ4v) is 3.02. The van der Waals surface area contributed by atoms with Crippen molar-refractivity contribution in [2.24, 2.45) is 0 Å². The molecule has 164 valence electrons. The zero-order valence-corrected chi connectivity index (χ0v) is 18.2. The van der Waals surface area contributed by atoms with Crippen molar-refractivity contribution in [2.45, 2.75) is 19.9 Å². The molecule has 0 amide bonds. The number of anilines is 3. The number of nitrogen functional groups attached to an aromatic ring is 1. The highest BCUT2D eigenvalue weighted by Crippen LogP contribution is 2.22. The van der Waals surface area contributed by atoms with Crippen molar-refractivity contribution < 1.29 is 4.79 Å². The van der Waals surface area contributed by atoms with Crippen molar-refractivity contribution in [3.63, 3.8) is 0 Å². The lowest BCUT2D eigenvalue weighted by molar-refractivity contribution is 0.111. The number of nitrogens with one attached hydrogen (secondary N) is 3. The summed E-state index contributed by atoms with van der Waals surface area (Å²) in [4.78, 5) is 23.3. The summed E-state index contributed by atoms with van der Waals surface area (Å²) in [5, 5.41) is 14.7. The Hall–Kier alpha value is -4.27. The predicted octanol–water partition coefficient (Wildman–Crippen LogP) is 3.48. The van der Waals surface area contributed by atoms with Gasteiger partial charge in [-0.2, -0.15) is 0 Å². The van der Waals surface area contributed by atoms with Gasteiger partial charge in [0.25, 0.3) is 0 Å². The number of pyridine rings is 1. The summed E-state index contributed by atoms with van der Waals surface area (Å²) in [6, 6.07) is 13.7. The van der Waals surface area contributed by atoms with Crippen molar-refractivity contribution >= 4 is 35.0 Å². The van der Waals surface area contributed by atoms with E-state index in [0.717, 1.165) is 12.0 Å². The van der Waals surface area contributed by atoms with Gasteiger partial charge in [0, 0.05) is 30.5 Å². The van der Waals surface area contributed by atoms with Crippen LogP contribution in [0.25, 0.3) is 5.65 Å². The summed E-state index contributed by atoms with van der Waals surface area (Å²) in [7, 11) is 1.91. The monoisotopic (exact) mass is 430 g/mol. The van der Waals surface area contributed by atoms with Crippen LogP contribution < -0.4 is 16.4 Å². The SMILES string of the molecule is CC(C)Nc1ncnc(N)c1C(=N)c1ccn2c(C=O)cnc2c1.CNc1ccccc1. The number of benzene rings is 1. The first-order valence-corrected chi connectivity index (χ1v) is 10.1. The Kier molecular flexibility index (Phi) is 7.12. The molecule has 4 rings (SSSR count). The van der Waals surface area contributed by atoms with E-state index in [4.69, 9.17) is 11.1 Å². The van der Waals surface area contributed by atoms with E-state index in [1.807, 2.05) is 51.2 Å². The van der Waals surface area contributed by atoms with Gasteiger partial charge in [0.05, 0.1) is 17.5 Å². The number of imidazole rings is 1. The first-order chi connectivity index (χ1) is 15.4. The number of fused-ring (bicyclic) bond motifs is 1. The number of nitrogens with two attached hydrogens (primary N) is 1. The van der Waals surface area contributed by atoms with Gasteiger partial charge in [-0.15, -0.1) is 0 Å². The van der Waals surface area contributed by atoms with Crippen LogP contribution in [0.1, 0.15) is 35.5 Å². The number of hydrogen-bond donors (Lipinski definition) is 4. The molecule has 4 aromatic rings. The highest BCUT2D eigenvalue weighted by Gasteiger charge is 2.17. The number of carbonyl (C=O) groups is 1. The minimum atomic E-state index is 0.135. The van der Waals surface area contributed by atoms with Gasteiger partial charge in [-0.1, -0.05) is 18.2 Å².